The van der Waals surface area contributed by atoms with Gasteiger partial charge in [0.2, 0.25) is 0 Å². The monoisotopic (exact) mass is 324 g/mol. The molecule has 2 rings (SSSR count). The van der Waals surface area contributed by atoms with Crippen LogP contribution in [-0.2, 0) is 9.84 Å². The van der Waals surface area contributed by atoms with Crippen molar-refractivity contribution in [3.63, 3.8) is 0 Å². The fourth-order valence-corrected chi connectivity index (χ4v) is 4.40. The summed E-state index contributed by atoms with van der Waals surface area (Å²) in [6.07, 6.45) is -0.759. The van der Waals surface area contributed by atoms with Crippen LogP contribution in [-0.4, -0.2) is 18.8 Å². The molecule has 0 aliphatic carbocycles. The van der Waals surface area contributed by atoms with E-state index in [1.165, 1.54) is 12.1 Å². The van der Waals surface area contributed by atoms with Gasteiger partial charge in [-0.1, -0.05) is 54.9 Å². The zero-order valence-electron chi connectivity index (χ0n) is 11.6. The maximum atomic E-state index is 12.7. The maximum absolute atomic E-state index is 12.7. The quantitative estimate of drug-likeness (QED) is 0.913. The van der Waals surface area contributed by atoms with Gasteiger partial charge in [-0.15, -0.1) is 0 Å². The van der Waals surface area contributed by atoms with Crippen LogP contribution >= 0.6 is 11.6 Å². The lowest BCUT2D eigenvalue weighted by Gasteiger charge is -2.22. The minimum atomic E-state index is -3.66. The van der Waals surface area contributed by atoms with Gasteiger partial charge in [-0.25, -0.2) is 8.42 Å². The van der Waals surface area contributed by atoms with Crippen molar-refractivity contribution in [1.82, 2.24) is 0 Å². The minimum absolute atomic E-state index is 0.136. The van der Waals surface area contributed by atoms with Crippen molar-refractivity contribution in [2.45, 2.75) is 29.6 Å². The van der Waals surface area contributed by atoms with E-state index in [4.69, 9.17) is 11.6 Å². The Bertz CT molecular complexity index is 698. The summed E-state index contributed by atoms with van der Waals surface area (Å²) >= 11 is 5.87. The molecule has 2 atom stereocenters. The van der Waals surface area contributed by atoms with Crippen LogP contribution in [0.15, 0.2) is 59.5 Å². The maximum Gasteiger partial charge on any atom is 0.184 e. The van der Waals surface area contributed by atoms with Gasteiger partial charge in [-0.05, 0) is 30.2 Å². The lowest BCUT2D eigenvalue weighted by molar-refractivity contribution is 0.169. The number of halogens is 1. The van der Waals surface area contributed by atoms with Crippen LogP contribution in [0.5, 0.6) is 0 Å². The SMILES string of the molecule is CCC(C(O)c1ccccc1)S(=O)(=O)c1cccc(Cl)c1. The van der Waals surface area contributed by atoms with Crippen LogP contribution in [0.2, 0.25) is 5.02 Å². The van der Waals surface area contributed by atoms with Crippen molar-refractivity contribution < 1.29 is 13.5 Å². The lowest BCUT2D eigenvalue weighted by Crippen LogP contribution is -2.28. The highest BCUT2D eigenvalue weighted by molar-refractivity contribution is 7.92. The van der Waals surface area contributed by atoms with Crippen LogP contribution in [0.1, 0.15) is 25.0 Å². The first-order valence-electron chi connectivity index (χ1n) is 6.69. The fourth-order valence-electron chi connectivity index (χ4n) is 2.30. The Balaban J connectivity index is 2.41. The van der Waals surface area contributed by atoms with Crippen molar-refractivity contribution in [3.05, 3.63) is 65.2 Å². The van der Waals surface area contributed by atoms with Gasteiger partial charge in [0.1, 0.15) is 0 Å². The molecule has 0 aromatic heterocycles. The summed E-state index contributed by atoms with van der Waals surface area (Å²) in [6.45, 7) is 1.75. The molecule has 2 aromatic carbocycles. The van der Waals surface area contributed by atoms with E-state index < -0.39 is 21.2 Å². The zero-order valence-corrected chi connectivity index (χ0v) is 13.2. The smallest absolute Gasteiger partial charge is 0.184 e. The third-order valence-electron chi connectivity index (χ3n) is 3.42. The molecular weight excluding hydrogens is 308 g/mol. The number of hydrogen-bond acceptors (Lipinski definition) is 3. The van der Waals surface area contributed by atoms with Crippen LogP contribution in [0.4, 0.5) is 0 Å². The molecule has 0 aliphatic heterocycles. The van der Waals surface area contributed by atoms with Gasteiger partial charge in [-0.2, -0.15) is 0 Å². The zero-order chi connectivity index (χ0) is 15.5. The number of rotatable bonds is 5. The molecule has 112 valence electrons. The van der Waals surface area contributed by atoms with E-state index in [9.17, 15) is 13.5 Å². The van der Waals surface area contributed by atoms with Crippen LogP contribution < -0.4 is 0 Å². The first-order valence-corrected chi connectivity index (χ1v) is 8.61. The van der Waals surface area contributed by atoms with Gasteiger partial charge < -0.3 is 5.11 Å². The number of sulfone groups is 1. The Morgan fingerprint density at radius 1 is 1.10 bits per heavy atom. The molecule has 0 spiro atoms. The molecule has 21 heavy (non-hydrogen) atoms. The van der Waals surface area contributed by atoms with Gasteiger partial charge in [0.25, 0.3) is 0 Å². The van der Waals surface area contributed by atoms with E-state index in [1.54, 1.807) is 43.3 Å². The van der Waals surface area contributed by atoms with Crippen molar-refractivity contribution in [1.29, 1.82) is 0 Å². The summed E-state index contributed by atoms with van der Waals surface area (Å²) in [5.74, 6) is 0. The number of aliphatic hydroxyl groups is 1. The molecule has 0 amide bonds. The van der Waals surface area contributed by atoms with Crippen molar-refractivity contribution in [2.75, 3.05) is 0 Å². The topological polar surface area (TPSA) is 54.4 Å². The first-order chi connectivity index (χ1) is 9.96. The first kappa shape index (κ1) is 16.0. The van der Waals surface area contributed by atoms with E-state index in [2.05, 4.69) is 0 Å². The summed E-state index contributed by atoms with van der Waals surface area (Å²) in [6, 6.07) is 14.9. The van der Waals surface area contributed by atoms with E-state index in [-0.39, 0.29) is 4.90 Å². The molecule has 0 radical (unpaired) electrons. The Kier molecular flexibility index (Phi) is 5.04. The predicted octanol–water partition coefficient (Wildman–Crippen LogP) is 3.63. The Hall–Kier alpha value is -1.36. The van der Waals surface area contributed by atoms with E-state index >= 15 is 0 Å². The standard InChI is InChI=1S/C16H17ClO3S/c1-2-15(16(18)12-7-4-3-5-8-12)21(19,20)14-10-6-9-13(17)11-14/h3-11,15-16,18H,2H2,1H3. The molecule has 0 saturated heterocycles. The molecule has 0 heterocycles. The highest BCUT2D eigenvalue weighted by atomic mass is 35.5. The summed E-state index contributed by atoms with van der Waals surface area (Å²) in [5, 5.41) is 9.89. The molecule has 2 unspecified atom stereocenters. The van der Waals surface area contributed by atoms with E-state index in [0.29, 0.717) is 17.0 Å². The average molecular weight is 325 g/mol. The van der Waals surface area contributed by atoms with Gasteiger partial charge in [-0.3, -0.25) is 0 Å². The van der Waals surface area contributed by atoms with Crippen molar-refractivity contribution in [3.8, 4) is 0 Å². The van der Waals surface area contributed by atoms with Crippen LogP contribution in [0.25, 0.3) is 0 Å². The van der Waals surface area contributed by atoms with Crippen LogP contribution in [0, 0.1) is 0 Å². The Morgan fingerprint density at radius 2 is 1.76 bits per heavy atom. The van der Waals surface area contributed by atoms with Gasteiger partial charge in [0.15, 0.2) is 9.84 Å². The molecule has 2 aromatic rings. The molecule has 0 fully saturated rings. The van der Waals surface area contributed by atoms with Crippen LogP contribution in [0.3, 0.4) is 0 Å². The molecule has 5 heteroatoms. The van der Waals surface area contributed by atoms with E-state index in [0.717, 1.165) is 0 Å². The molecule has 0 aliphatic rings. The molecule has 0 saturated carbocycles. The second-order valence-corrected chi connectivity index (χ2v) is 7.41. The van der Waals surface area contributed by atoms with Gasteiger partial charge in [0.05, 0.1) is 16.2 Å². The number of benzene rings is 2. The summed E-state index contributed by atoms with van der Waals surface area (Å²) in [7, 11) is -3.66. The summed E-state index contributed by atoms with van der Waals surface area (Å²) < 4.78 is 25.4. The minimum Gasteiger partial charge on any atom is -0.387 e. The van der Waals surface area contributed by atoms with Gasteiger partial charge in [0, 0.05) is 5.02 Å². The Morgan fingerprint density at radius 3 is 2.33 bits per heavy atom. The normalized spacial score (nSPS) is 14.6. The van der Waals surface area contributed by atoms with E-state index in [1.807, 2.05) is 6.07 Å². The predicted molar refractivity (Wildman–Crippen MR) is 84.1 cm³/mol. The number of hydrogen-bond donors (Lipinski definition) is 1. The molecule has 1 N–H and O–H groups in total. The largest absolute Gasteiger partial charge is 0.387 e. The van der Waals surface area contributed by atoms with Crippen molar-refractivity contribution >= 4 is 21.4 Å². The van der Waals surface area contributed by atoms with Crippen molar-refractivity contribution in [2.24, 2.45) is 0 Å². The molecule has 0 bridgehead atoms. The average Bonchev–Trinajstić information content (AvgIpc) is 2.48. The second-order valence-electron chi connectivity index (χ2n) is 4.80. The highest BCUT2D eigenvalue weighted by Crippen LogP contribution is 2.30. The molecule has 3 nitrogen and oxygen atoms in total. The summed E-state index contributed by atoms with van der Waals surface area (Å²) in [5.41, 5.74) is 0.593. The number of aliphatic hydroxyl groups excluding tert-OH is 1. The highest BCUT2D eigenvalue weighted by Gasteiger charge is 2.33. The summed E-state index contributed by atoms with van der Waals surface area (Å²) in [4.78, 5) is 0.136. The third-order valence-corrected chi connectivity index (χ3v) is 5.95. The second kappa shape index (κ2) is 6.60. The lowest BCUT2D eigenvalue weighted by atomic mass is 10.1. The third kappa shape index (κ3) is 3.46. The molecular formula is C16H17ClO3S. The fraction of sp³-hybridized carbons (Fsp3) is 0.250. The Labute approximate surface area is 130 Å². The van der Waals surface area contributed by atoms with Gasteiger partial charge >= 0.3 is 0 Å².